The van der Waals surface area contributed by atoms with Crippen LogP contribution in [-0.2, 0) is 9.92 Å². The van der Waals surface area contributed by atoms with Gasteiger partial charge in [-0.3, -0.25) is 0 Å². The first-order chi connectivity index (χ1) is 6.47. The first-order valence-corrected chi connectivity index (χ1v) is 6.85. The number of rotatable bonds is 3. The van der Waals surface area contributed by atoms with Crippen LogP contribution in [0.15, 0.2) is 0 Å². The topological polar surface area (TPSA) is 64.4 Å². The maximum atomic E-state index is 11.9. The number of hydrogen-bond donors (Lipinski definition) is 2. The normalized spacial score (nSPS) is 33.9. The molecule has 1 heterocycles. The van der Waals surface area contributed by atoms with Crippen LogP contribution in [0, 0.1) is 10.7 Å². The summed E-state index contributed by atoms with van der Waals surface area (Å²) < 4.78 is 21.4. The molecule has 4 nitrogen and oxygen atoms in total. The highest BCUT2D eigenvalue weighted by molar-refractivity contribution is 7.90. The largest absolute Gasteiger partial charge is 0.393 e. The first kappa shape index (κ1) is 11.9. The van der Waals surface area contributed by atoms with Crippen molar-refractivity contribution in [3.8, 4) is 0 Å². The summed E-state index contributed by atoms with van der Waals surface area (Å²) in [5.74, 6) is 0.572. The molecule has 0 radical (unpaired) electrons. The van der Waals surface area contributed by atoms with E-state index in [1.165, 1.54) is 0 Å². The third-order valence-corrected chi connectivity index (χ3v) is 4.85. The highest BCUT2D eigenvalue weighted by Gasteiger charge is 2.28. The second kappa shape index (κ2) is 4.59. The van der Waals surface area contributed by atoms with E-state index < -0.39 is 9.92 Å². The van der Waals surface area contributed by atoms with Gasteiger partial charge in [0.25, 0.3) is 0 Å². The van der Waals surface area contributed by atoms with Crippen LogP contribution in [0.1, 0.15) is 26.7 Å². The van der Waals surface area contributed by atoms with Gasteiger partial charge in [-0.25, -0.2) is 13.3 Å². The predicted octanol–water partition coefficient (Wildman–Crippen LogP) is 1.06. The molecule has 1 saturated heterocycles. The van der Waals surface area contributed by atoms with Crippen molar-refractivity contribution in [2.75, 3.05) is 18.8 Å². The van der Waals surface area contributed by atoms with Gasteiger partial charge in [0.05, 0.1) is 6.10 Å². The molecule has 3 atom stereocenters. The quantitative estimate of drug-likeness (QED) is 0.747. The first-order valence-electron chi connectivity index (χ1n) is 5.17. The Morgan fingerprint density at radius 2 is 2.29 bits per heavy atom. The van der Waals surface area contributed by atoms with Gasteiger partial charge >= 0.3 is 0 Å². The third-order valence-electron chi connectivity index (χ3n) is 2.72. The van der Waals surface area contributed by atoms with E-state index in [1.54, 1.807) is 4.31 Å². The summed E-state index contributed by atoms with van der Waals surface area (Å²) in [4.78, 5) is 0. The van der Waals surface area contributed by atoms with Crippen LogP contribution in [-0.4, -0.2) is 38.6 Å². The second-order valence-electron chi connectivity index (χ2n) is 4.07. The number of aliphatic hydroxyl groups is 1. The lowest BCUT2D eigenvalue weighted by atomic mass is 9.99. The highest BCUT2D eigenvalue weighted by Crippen LogP contribution is 2.20. The summed E-state index contributed by atoms with van der Waals surface area (Å²) in [6.45, 7) is 5.06. The van der Waals surface area contributed by atoms with Crippen LogP contribution < -0.4 is 0 Å². The number of aliphatic hydroxyl groups excluding tert-OH is 1. The molecule has 0 aromatic carbocycles. The molecule has 2 N–H and O–H groups in total. The van der Waals surface area contributed by atoms with Crippen molar-refractivity contribution in [2.24, 2.45) is 5.92 Å². The fourth-order valence-corrected chi connectivity index (χ4v) is 3.46. The molecule has 3 unspecified atom stereocenters. The van der Waals surface area contributed by atoms with Crippen molar-refractivity contribution >= 4 is 9.92 Å². The van der Waals surface area contributed by atoms with Gasteiger partial charge in [0.15, 0.2) is 0 Å². The molecule has 0 bridgehead atoms. The Bertz CT molecular complexity index is 277. The van der Waals surface area contributed by atoms with Crippen LogP contribution in [0.2, 0.25) is 0 Å². The Morgan fingerprint density at radius 1 is 1.64 bits per heavy atom. The smallest absolute Gasteiger partial charge is 0.107 e. The lowest BCUT2D eigenvalue weighted by molar-refractivity contribution is 0.0638. The summed E-state index contributed by atoms with van der Waals surface area (Å²) in [7, 11) is -2.57. The van der Waals surface area contributed by atoms with E-state index in [4.69, 9.17) is 4.78 Å². The highest BCUT2D eigenvalue weighted by atomic mass is 32.2. The Kier molecular flexibility index (Phi) is 3.92. The maximum absolute atomic E-state index is 11.9. The zero-order chi connectivity index (χ0) is 10.8. The van der Waals surface area contributed by atoms with Crippen molar-refractivity contribution in [3.63, 3.8) is 0 Å². The van der Waals surface area contributed by atoms with Crippen molar-refractivity contribution in [3.05, 3.63) is 0 Å². The van der Waals surface area contributed by atoms with Gasteiger partial charge in [0, 0.05) is 18.8 Å². The second-order valence-corrected chi connectivity index (χ2v) is 6.27. The Labute approximate surface area is 86.4 Å². The molecule has 0 aromatic heterocycles. The Balaban J connectivity index is 2.63. The molecule has 5 heteroatoms. The molecule has 0 amide bonds. The molecule has 1 aliphatic heterocycles. The number of piperidine rings is 1. The van der Waals surface area contributed by atoms with E-state index in [9.17, 15) is 9.32 Å². The third kappa shape index (κ3) is 2.68. The molecule has 1 rings (SSSR count). The number of nitrogens with zero attached hydrogens (tertiary/aromatic N) is 1. The zero-order valence-electron chi connectivity index (χ0n) is 8.90. The Hall–Kier alpha value is -0.130. The van der Waals surface area contributed by atoms with E-state index in [0.717, 1.165) is 6.42 Å². The van der Waals surface area contributed by atoms with Crippen molar-refractivity contribution < 1.29 is 9.32 Å². The average Bonchev–Trinajstić information content (AvgIpc) is 2.09. The summed E-state index contributed by atoms with van der Waals surface area (Å²) in [5, 5.41) is 9.51. The van der Waals surface area contributed by atoms with Gasteiger partial charge in [0.2, 0.25) is 0 Å². The molecule has 14 heavy (non-hydrogen) atoms. The molecule has 0 aliphatic carbocycles. The molecule has 84 valence electrons. The van der Waals surface area contributed by atoms with Gasteiger partial charge in [0.1, 0.15) is 9.92 Å². The fourth-order valence-electron chi connectivity index (χ4n) is 1.77. The minimum atomic E-state index is -2.57. The van der Waals surface area contributed by atoms with E-state index in [0.29, 0.717) is 25.3 Å². The standard InChI is InChI=1S/C9H20N2O2S/c1-3-6-14(10,13)11-5-4-9(12)8(2)7-11/h8-10,12H,3-7H2,1-2H3. The van der Waals surface area contributed by atoms with Crippen LogP contribution in [0.25, 0.3) is 0 Å². The van der Waals surface area contributed by atoms with Crippen molar-refractivity contribution in [1.82, 2.24) is 4.31 Å². The molecule has 0 spiro atoms. The number of hydrogen-bond acceptors (Lipinski definition) is 3. The minimum Gasteiger partial charge on any atom is -0.393 e. The molecular weight excluding hydrogens is 200 g/mol. The molecular formula is C9H20N2O2S. The fraction of sp³-hybridized carbons (Fsp3) is 1.00. The molecule has 1 fully saturated rings. The summed E-state index contributed by atoms with van der Waals surface area (Å²) in [6.07, 6.45) is 1.12. The summed E-state index contributed by atoms with van der Waals surface area (Å²) in [5.41, 5.74) is 0. The Morgan fingerprint density at radius 3 is 2.79 bits per heavy atom. The predicted molar refractivity (Wildman–Crippen MR) is 57.4 cm³/mol. The van der Waals surface area contributed by atoms with E-state index in [2.05, 4.69) is 0 Å². The lowest BCUT2D eigenvalue weighted by Gasteiger charge is -2.34. The van der Waals surface area contributed by atoms with Gasteiger partial charge in [-0.2, -0.15) is 0 Å². The van der Waals surface area contributed by atoms with Gasteiger partial charge in [-0.1, -0.05) is 13.8 Å². The van der Waals surface area contributed by atoms with E-state index in [-0.39, 0.29) is 12.0 Å². The maximum Gasteiger partial charge on any atom is 0.107 e. The van der Waals surface area contributed by atoms with Crippen LogP contribution >= 0.6 is 0 Å². The van der Waals surface area contributed by atoms with Crippen LogP contribution in [0.5, 0.6) is 0 Å². The van der Waals surface area contributed by atoms with E-state index in [1.807, 2.05) is 13.8 Å². The van der Waals surface area contributed by atoms with Gasteiger partial charge < -0.3 is 5.11 Å². The average molecular weight is 220 g/mol. The summed E-state index contributed by atoms with van der Waals surface area (Å²) in [6, 6.07) is 0. The van der Waals surface area contributed by atoms with Gasteiger partial charge in [-0.15, -0.1) is 0 Å². The monoisotopic (exact) mass is 220 g/mol. The van der Waals surface area contributed by atoms with Crippen LogP contribution in [0.3, 0.4) is 0 Å². The van der Waals surface area contributed by atoms with Crippen LogP contribution in [0.4, 0.5) is 0 Å². The molecule has 0 aromatic rings. The number of nitrogens with one attached hydrogen (secondary N) is 1. The van der Waals surface area contributed by atoms with Crippen molar-refractivity contribution in [1.29, 1.82) is 4.78 Å². The SMILES string of the molecule is CCCS(=N)(=O)N1CCC(O)C(C)C1. The molecule has 1 aliphatic rings. The summed E-state index contributed by atoms with van der Waals surface area (Å²) >= 11 is 0. The minimum absolute atomic E-state index is 0.131. The van der Waals surface area contributed by atoms with Crippen molar-refractivity contribution in [2.45, 2.75) is 32.8 Å². The molecule has 0 saturated carbocycles. The zero-order valence-corrected chi connectivity index (χ0v) is 9.72. The lowest BCUT2D eigenvalue weighted by Crippen LogP contribution is -2.45. The van der Waals surface area contributed by atoms with E-state index >= 15 is 0 Å². The van der Waals surface area contributed by atoms with Gasteiger partial charge in [-0.05, 0) is 18.8 Å².